The van der Waals surface area contributed by atoms with E-state index in [1.54, 1.807) is 0 Å². The summed E-state index contributed by atoms with van der Waals surface area (Å²) in [6.45, 7) is 2.13. The van der Waals surface area contributed by atoms with Gasteiger partial charge < -0.3 is 16.4 Å². The van der Waals surface area contributed by atoms with E-state index >= 15 is 0 Å². The molecule has 0 radical (unpaired) electrons. The Bertz CT molecular complexity index is 521. The summed E-state index contributed by atoms with van der Waals surface area (Å²) in [4.78, 5) is 16.0. The van der Waals surface area contributed by atoms with Gasteiger partial charge in [0.2, 0.25) is 5.91 Å². The van der Waals surface area contributed by atoms with Gasteiger partial charge in [-0.2, -0.15) is 0 Å². The Kier molecular flexibility index (Phi) is 6.25. The summed E-state index contributed by atoms with van der Waals surface area (Å²) < 4.78 is 0. The first kappa shape index (κ1) is 16.3. The van der Waals surface area contributed by atoms with Crippen molar-refractivity contribution in [2.75, 3.05) is 11.9 Å². The Labute approximate surface area is 132 Å². The number of hydrogen-bond donors (Lipinski definition) is 3. The predicted octanol–water partition coefficient (Wildman–Crippen LogP) is 2.42. The highest BCUT2D eigenvalue weighted by atomic mass is 16.1. The zero-order valence-corrected chi connectivity index (χ0v) is 13.3. The molecule has 1 fully saturated rings. The van der Waals surface area contributed by atoms with Crippen molar-refractivity contribution in [1.82, 2.24) is 5.32 Å². The van der Waals surface area contributed by atoms with Gasteiger partial charge in [0.25, 0.3) is 0 Å². The van der Waals surface area contributed by atoms with E-state index in [1.807, 2.05) is 24.3 Å². The summed E-state index contributed by atoms with van der Waals surface area (Å²) in [7, 11) is 0. The summed E-state index contributed by atoms with van der Waals surface area (Å²) in [5.74, 6) is 0.214. The van der Waals surface area contributed by atoms with Crippen LogP contribution < -0.4 is 16.4 Å². The summed E-state index contributed by atoms with van der Waals surface area (Å²) in [5.41, 5.74) is 7.85. The minimum atomic E-state index is -0.151. The Morgan fingerprint density at radius 3 is 2.82 bits per heavy atom. The fourth-order valence-electron chi connectivity index (χ4n) is 2.73. The van der Waals surface area contributed by atoms with Crippen LogP contribution in [-0.4, -0.2) is 24.5 Å². The van der Waals surface area contributed by atoms with E-state index < -0.39 is 0 Å². The Morgan fingerprint density at radius 1 is 1.32 bits per heavy atom. The minimum Gasteiger partial charge on any atom is -0.370 e. The molecule has 0 aliphatic heterocycles. The molecule has 0 unspecified atom stereocenters. The third kappa shape index (κ3) is 5.39. The number of nitrogens with one attached hydrogen (secondary N) is 2. The van der Waals surface area contributed by atoms with Crippen LogP contribution in [0.3, 0.4) is 0 Å². The Morgan fingerprint density at radius 2 is 2.09 bits per heavy atom. The lowest BCUT2D eigenvalue weighted by molar-refractivity contribution is -0.114. The Balaban J connectivity index is 1.79. The molecule has 1 saturated carbocycles. The van der Waals surface area contributed by atoms with E-state index in [2.05, 4.69) is 22.5 Å². The van der Waals surface area contributed by atoms with Gasteiger partial charge in [0, 0.05) is 11.7 Å². The number of nitrogens with two attached hydrogens (primary N) is 1. The molecule has 4 N–H and O–H groups in total. The average Bonchev–Trinajstić information content (AvgIpc) is 2.54. The molecular formula is C17H26N4O. The molecule has 1 aliphatic rings. The van der Waals surface area contributed by atoms with Gasteiger partial charge in [-0.25, -0.2) is 4.99 Å². The van der Waals surface area contributed by atoms with Gasteiger partial charge in [-0.05, 0) is 37.0 Å². The molecule has 0 aromatic heterocycles. The topological polar surface area (TPSA) is 79.5 Å². The molecular weight excluding hydrogens is 276 g/mol. The summed E-state index contributed by atoms with van der Waals surface area (Å²) in [5, 5.41) is 6.05. The van der Waals surface area contributed by atoms with Crippen LogP contribution >= 0.6 is 0 Å². The lowest BCUT2D eigenvalue weighted by atomic mass is 9.96. The van der Waals surface area contributed by atoms with Crippen molar-refractivity contribution in [2.45, 2.75) is 51.5 Å². The fourth-order valence-corrected chi connectivity index (χ4v) is 2.73. The largest absolute Gasteiger partial charge is 0.370 e. The number of guanidine groups is 1. The maximum atomic E-state index is 11.9. The van der Waals surface area contributed by atoms with E-state index in [9.17, 15) is 4.79 Å². The molecule has 1 aliphatic carbocycles. The number of hydrogen-bond acceptors (Lipinski definition) is 2. The van der Waals surface area contributed by atoms with Gasteiger partial charge in [0.15, 0.2) is 5.96 Å². The Hall–Kier alpha value is -2.04. The number of carbonyl (C=O) groups is 1. The number of benzene rings is 1. The first-order chi connectivity index (χ1) is 10.7. The number of nitrogens with zero attached hydrogens (tertiary/aromatic N) is 1. The number of aryl methyl sites for hydroxylation is 1. The summed E-state index contributed by atoms with van der Waals surface area (Å²) >= 11 is 0. The molecule has 5 heteroatoms. The average molecular weight is 302 g/mol. The van der Waals surface area contributed by atoms with E-state index in [0.717, 1.165) is 24.9 Å². The number of amides is 1. The van der Waals surface area contributed by atoms with Crippen LogP contribution in [0.15, 0.2) is 29.3 Å². The van der Waals surface area contributed by atoms with Crippen LogP contribution in [-0.2, 0) is 11.2 Å². The van der Waals surface area contributed by atoms with Crippen LogP contribution in [0.2, 0.25) is 0 Å². The van der Waals surface area contributed by atoms with Crippen molar-refractivity contribution in [2.24, 2.45) is 10.7 Å². The van der Waals surface area contributed by atoms with Gasteiger partial charge in [-0.15, -0.1) is 0 Å². The zero-order chi connectivity index (χ0) is 15.8. The number of carbonyl (C=O) groups excluding carboxylic acids is 1. The van der Waals surface area contributed by atoms with Crippen LogP contribution in [0, 0.1) is 0 Å². The smallest absolute Gasteiger partial charge is 0.246 e. The van der Waals surface area contributed by atoms with Crippen molar-refractivity contribution in [1.29, 1.82) is 0 Å². The molecule has 120 valence electrons. The molecule has 0 atom stereocenters. The second-order valence-electron chi connectivity index (χ2n) is 5.78. The minimum absolute atomic E-state index is 0.0436. The van der Waals surface area contributed by atoms with Gasteiger partial charge >= 0.3 is 0 Å². The molecule has 2 rings (SSSR count). The molecule has 1 aromatic rings. The number of anilines is 1. The third-order valence-electron chi connectivity index (χ3n) is 3.97. The highest BCUT2D eigenvalue weighted by Crippen LogP contribution is 2.17. The van der Waals surface area contributed by atoms with Crippen LogP contribution in [0.5, 0.6) is 0 Å². The van der Waals surface area contributed by atoms with Crippen molar-refractivity contribution < 1.29 is 4.79 Å². The first-order valence-electron chi connectivity index (χ1n) is 8.12. The number of rotatable bonds is 5. The lowest BCUT2D eigenvalue weighted by Gasteiger charge is -2.23. The highest BCUT2D eigenvalue weighted by Gasteiger charge is 2.13. The molecule has 0 spiro atoms. The molecule has 0 bridgehead atoms. The zero-order valence-electron chi connectivity index (χ0n) is 13.3. The second kappa shape index (κ2) is 8.41. The maximum absolute atomic E-state index is 11.9. The van der Waals surface area contributed by atoms with Gasteiger partial charge in [-0.3, -0.25) is 4.79 Å². The predicted molar refractivity (Wildman–Crippen MR) is 90.9 cm³/mol. The van der Waals surface area contributed by atoms with Crippen molar-refractivity contribution in [3.8, 4) is 0 Å². The lowest BCUT2D eigenvalue weighted by Crippen LogP contribution is -2.41. The quantitative estimate of drug-likeness (QED) is 0.577. The summed E-state index contributed by atoms with van der Waals surface area (Å²) in [6.07, 6.45) is 6.98. The molecule has 0 saturated heterocycles. The highest BCUT2D eigenvalue weighted by molar-refractivity contribution is 5.94. The van der Waals surface area contributed by atoms with Gasteiger partial charge in [0.05, 0.1) is 0 Å². The molecule has 1 aromatic carbocycles. The molecule has 1 amide bonds. The molecule has 0 heterocycles. The standard InChI is InChI=1S/C17H26N4O/c1-2-13-7-6-10-15(11-13)20-16(22)12-19-17(18)21-14-8-4-3-5-9-14/h6-7,10-11,14H,2-5,8-9,12H2,1H3,(H,20,22)(H3,18,19,21). The van der Waals surface area contributed by atoms with Crippen LogP contribution in [0.1, 0.15) is 44.6 Å². The maximum Gasteiger partial charge on any atom is 0.246 e. The van der Waals surface area contributed by atoms with Gasteiger partial charge in [0.1, 0.15) is 6.54 Å². The van der Waals surface area contributed by atoms with Crippen molar-refractivity contribution in [3.05, 3.63) is 29.8 Å². The van der Waals surface area contributed by atoms with E-state index in [0.29, 0.717) is 12.0 Å². The van der Waals surface area contributed by atoms with Crippen molar-refractivity contribution in [3.63, 3.8) is 0 Å². The van der Waals surface area contributed by atoms with Crippen LogP contribution in [0.25, 0.3) is 0 Å². The van der Waals surface area contributed by atoms with Crippen LogP contribution in [0.4, 0.5) is 5.69 Å². The van der Waals surface area contributed by atoms with E-state index in [1.165, 1.54) is 24.8 Å². The monoisotopic (exact) mass is 302 g/mol. The van der Waals surface area contributed by atoms with Gasteiger partial charge in [-0.1, -0.05) is 38.3 Å². The number of aliphatic imine (C=N–C) groups is 1. The second-order valence-corrected chi connectivity index (χ2v) is 5.78. The molecule has 22 heavy (non-hydrogen) atoms. The fraction of sp³-hybridized carbons (Fsp3) is 0.529. The first-order valence-corrected chi connectivity index (χ1v) is 8.12. The third-order valence-corrected chi connectivity index (χ3v) is 3.97. The van der Waals surface area contributed by atoms with E-state index in [4.69, 9.17) is 5.73 Å². The normalized spacial score (nSPS) is 16.3. The molecule has 5 nitrogen and oxygen atoms in total. The summed E-state index contributed by atoms with van der Waals surface area (Å²) in [6, 6.07) is 8.24. The SMILES string of the molecule is CCc1cccc(NC(=O)CN=C(N)NC2CCCCC2)c1. The van der Waals surface area contributed by atoms with E-state index in [-0.39, 0.29) is 12.5 Å². The van der Waals surface area contributed by atoms with Crippen molar-refractivity contribution >= 4 is 17.6 Å².